The first-order chi connectivity index (χ1) is 8.91. The number of non-ortho nitro benzene ring substituents is 1. The zero-order chi connectivity index (χ0) is 14.2. The average molecular weight is 282 g/mol. The third-order valence-electron chi connectivity index (χ3n) is 2.50. The molecule has 98 valence electrons. The fourth-order valence-corrected chi connectivity index (χ4v) is 2.00. The molecule has 0 aliphatic rings. The average Bonchev–Trinajstić information content (AvgIpc) is 2.65. The second kappa shape index (κ2) is 4.69. The molecule has 1 N–H and O–H groups in total. The Morgan fingerprint density at radius 3 is 2.74 bits per heavy atom. The molecule has 0 saturated heterocycles. The zero-order valence-electron chi connectivity index (χ0n) is 9.70. The van der Waals surface area contributed by atoms with Crippen LogP contribution >= 0.6 is 11.6 Å². The van der Waals surface area contributed by atoms with Crippen LogP contribution in [-0.2, 0) is 0 Å². The number of carboxylic acids is 1. The molecule has 2 aromatic rings. The molecule has 0 amide bonds. The number of rotatable bonds is 3. The van der Waals surface area contributed by atoms with Gasteiger partial charge in [0.25, 0.3) is 5.69 Å². The molecular weight excluding hydrogens is 274 g/mol. The van der Waals surface area contributed by atoms with Crippen LogP contribution in [0.3, 0.4) is 0 Å². The largest absolute Gasteiger partial charge is 0.478 e. The maximum atomic E-state index is 11.0. The van der Waals surface area contributed by atoms with E-state index in [1.54, 1.807) is 6.07 Å². The number of nitro groups is 1. The molecule has 1 aromatic carbocycles. The van der Waals surface area contributed by atoms with E-state index in [2.05, 4.69) is 5.10 Å². The number of aryl methyl sites for hydroxylation is 1. The summed E-state index contributed by atoms with van der Waals surface area (Å²) in [5.41, 5.74) is 0.325. The molecule has 0 unspecified atom stereocenters. The van der Waals surface area contributed by atoms with Crippen LogP contribution in [0.15, 0.2) is 24.3 Å². The first-order valence-corrected chi connectivity index (χ1v) is 5.53. The molecule has 0 saturated carbocycles. The van der Waals surface area contributed by atoms with Gasteiger partial charge in [0, 0.05) is 12.1 Å². The normalized spacial score (nSPS) is 10.4. The van der Waals surface area contributed by atoms with E-state index in [1.165, 1.54) is 25.1 Å². The summed E-state index contributed by atoms with van der Waals surface area (Å²) in [6.07, 6.45) is 0. The van der Waals surface area contributed by atoms with E-state index in [-0.39, 0.29) is 22.1 Å². The predicted molar refractivity (Wildman–Crippen MR) is 66.9 cm³/mol. The Morgan fingerprint density at radius 1 is 1.53 bits per heavy atom. The van der Waals surface area contributed by atoms with Crippen molar-refractivity contribution in [1.29, 1.82) is 0 Å². The Labute approximate surface area is 112 Å². The minimum absolute atomic E-state index is 0.0921. The van der Waals surface area contributed by atoms with Crippen LogP contribution in [0, 0.1) is 17.0 Å². The lowest BCUT2D eigenvalue weighted by Gasteiger charge is -2.02. The van der Waals surface area contributed by atoms with Gasteiger partial charge in [-0.2, -0.15) is 5.10 Å². The van der Waals surface area contributed by atoms with Crippen LogP contribution in [0.1, 0.15) is 16.1 Å². The minimum atomic E-state index is -1.20. The van der Waals surface area contributed by atoms with E-state index >= 15 is 0 Å². The van der Waals surface area contributed by atoms with Crippen molar-refractivity contribution in [2.75, 3.05) is 0 Å². The summed E-state index contributed by atoms with van der Waals surface area (Å²) < 4.78 is 1.16. The fraction of sp³-hybridized carbons (Fsp3) is 0.0909. The van der Waals surface area contributed by atoms with Gasteiger partial charge in [0.15, 0.2) is 0 Å². The highest BCUT2D eigenvalue weighted by Crippen LogP contribution is 2.25. The summed E-state index contributed by atoms with van der Waals surface area (Å²) in [5.74, 6) is -1.20. The van der Waals surface area contributed by atoms with Crippen molar-refractivity contribution in [2.45, 2.75) is 6.92 Å². The topological polar surface area (TPSA) is 98.3 Å². The molecule has 0 atom stereocenters. The minimum Gasteiger partial charge on any atom is -0.478 e. The van der Waals surface area contributed by atoms with Crippen LogP contribution in [-0.4, -0.2) is 25.8 Å². The Bertz CT molecular complexity index is 681. The Hall–Kier alpha value is -2.41. The molecule has 2 rings (SSSR count). The lowest BCUT2D eigenvalue weighted by atomic mass is 10.2. The number of hydrogen-bond donors (Lipinski definition) is 1. The zero-order valence-corrected chi connectivity index (χ0v) is 10.5. The molecule has 8 heteroatoms. The first kappa shape index (κ1) is 13.0. The van der Waals surface area contributed by atoms with Crippen molar-refractivity contribution in [3.8, 4) is 5.69 Å². The number of nitro benzene ring substituents is 1. The number of carbonyl (C=O) groups is 1. The second-order valence-corrected chi connectivity index (χ2v) is 4.10. The summed E-state index contributed by atoms with van der Waals surface area (Å²) in [7, 11) is 0. The highest BCUT2D eigenvalue weighted by atomic mass is 35.5. The van der Waals surface area contributed by atoms with E-state index in [0.717, 1.165) is 4.68 Å². The Balaban J connectivity index is 2.60. The molecule has 0 bridgehead atoms. The van der Waals surface area contributed by atoms with Crippen molar-refractivity contribution in [1.82, 2.24) is 9.78 Å². The monoisotopic (exact) mass is 281 g/mol. The van der Waals surface area contributed by atoms with Gasteiger partial charge in [-0.15, -0.1) is 0 Å². The predicted octanol–water partition coefficient (Wildman–Crippen LogP) is 2.44. The van der Waals surface area contributed by atoms with E-state index in [4.69, 9.17) is 16.7 Å². The SMILES string of the molecule is Cc1nn(-c2cccc([N+](=O)[O-])c2)c(Cl)c1C(=O)O. The summed E-state index contributed by atoms with van der Waals surface area (Å²) >= 11 is 5.94. The second-order valence-electron chi connectivity index (χ2n) is 3.75. The van der Waals surface area contributed by atoms with Crippen molar-refractivity contribution < 1.29 is 14.8 Å². The van der Waals surface area contributed by atoms with Gasteiger partial charge in [-0.25, -0.2) is 9.48 Å². The molecule has 1 heterocycles. The molecule has 0 radical (unpaired) electrons. The van der Waals surface area contributed by atoms with Crippen molar-refractivity contribution in [3.63, 3.8) is 0 Å². The van der Waals surface area contributed by atoms with Crippen LogP contribution in [0.5, 0.6) is 0 Å². The van der Waals surface area contributed by atoms with Gasteiger partial charge in [-0.05, 0) is 13.0 Å². The molecule has 1 aromatic heterocycles. The Morgan fingerprint density at radius 2 is 2.21 bits per heavy atom. The van der Waals surface area contributed by atoms with Gasteiger partial charge in [0.2, 0.25) is 0 Å². The quantitative estimate of drug-likeness (QED) is 0.688. The fourth-order valence-electron chi connectivity index (χ4n) is 1.65. The van der Waals surface area contributed by atoms with Crippen molar-refractivity contribution in [2.24, 2.45) is 0 Å². The van der Waals surface area contributed by atoms with Crippen LogP contribution in [0.2, 0.25) is 5.15 Å². The highest BCUT2D eigenvalue weighted by molar-refractivity contribution is 6.32. The molecule has 0 aliphatic heterocycles. The lowest BCUT2D eigenvalue weighted by molar-refractivity contribution is -0.384. The lowest BCUT2D eigenvalue weighted by Crippen LogP contribution is -2.00. The highest BCUT2D eigenvalue weighted by Gasteiger charge is 2.21. The van der Waals surface area contributed by atoms with Gasteiger partial charge in [-0.1, -0.05) is 17.7 Å². The van der Waals surface area contributed by atoms with Gasteiger partial charge in [0.05, 0.1) is 16.3 Å². The third-order valence-corrected chi connectivity index (χ3v) is 2.85. The van der Waals surface area contributed by atoms with Crippen LogP contribution < -0.4 is 0 Å². The smallest absolute Gasteiger partial charge is 0.340 e. The number of aromatic carboxylic acids is 1. The molecule has 0 spiro atoms. The van der Waals surface area contributed by atoms with Crippen LogP contribution in [0.25, 0.3) is 5.69 Å². The van der Waals surface area contributed by atoms with E-state index in [1.807, 2.05) is 0 Å². The van der Waals surface area contributed by atoms with Gasteiger partial charge in [0.1, 0.15) is 10.7 Å². The third kappa shape index (κ3) is 2.27. The maximum absolute atomic E-state index is 11.0. The maximum Gasteiger partial charge on any atom is 0.340 e. The number of nitrogens with zero attached hydrogens (tertiary/aromatic N) is 3. The standard InChI is InChI=1S/C11H8ClN3O4/c1-6-9(11(16)17)10(12)14(13-6)7-3-2-4-8(5-7)15(18)19/h2-5H,1H3,(H,16,17). The summed E-state index contributed by atoms with van der Waals surface area (Å²) in [5, 5.41) is 23.6. The van der Waals surface area contributed by atoms with E-state index in [0.29, 0.717) is 5.69 Å². The first-order valence-electron chi connectivity index (χ1n) is 5.15. The number of carboxylic acid groups (broad SMARTS) is 1. The summed E-state index contributed by atoms with van der Waals surface area (Å²) in [6, 6.07) is 5.62. The van der Waals surface area contributed by atoms with Gasteiger partial charge >= 0.3 is 5.97 Å². The Kier molecular flexibility index (Phi) is 3.22. The van der Waals surface area contributed by atoms with Crippen LogP contribution in [0.4, 0.5) is 5.69 Å². The summed E-state index contributed by atoms with van der Waals surface area (Å²) in [4.78, 5) is 21.2. The molecule has 7 nitrogen and oxygen atoms in total. The van der Waals surface area contributed by atoms with Gasteiger partial charge < -0.3 is 5.11 Å². The van der Waals surface area contributed by atoms with Gasteiger partial charge in [-0.3, -0.25) is 10.1 Å². The summed E-state index contributed by atoms with van der Waals surface area (Å²) in [6.45, 7) is 1.50. The van der Waals surface area contributed by atoms with E-state index < -0.39 is 10.9 Å². The number of halogens is 1. The molecule has 0 aliphatic carbocycles. The molecule has 0 fully saturated rings. The number of benzene rings is 1. The molecule has 19 heavy (non-hydrogen) atoms. The number of hydrogen-bond acceptors (Lipinski definition) is 4. The molecular formula is C11H8ClN3O4. The van der Waals surface area contributed by atoms with E-state index in [9.17, 15) is 14.9 Å². The van der Waals surface area contributed by atoms with Crippen molar-refractivity contribution >= 4 is 23.3 Å². The van der Waals surface area contributed by atoms with Crippen molar-refractivity contribution in [3.05, 3.63) is 50.8 Å². The number of aromatic nitrogens is 2.